The molecule has 0 atom stereocenters. The van der Waals surface area contributed by atoms with Crippen molar-refractivity contribution < 1.29 is 14.3 Å². The van der Waals surface area contributed by atoms with Crippen LogP contribution in [-0.2, 0) is 9.47 Å². The van der Waals surface area contributed by atoms with Crippen LogP contribution in [-0.4, -0.2) is 43.5 Å². The third-order valence-electron chi connectivity index (χ3n) is 3.99. The van der Waals surface area contributed by atoms with Crippen LogP contribution in [0.3, 0.4) is 0 Å². The molecule has 116 valence electrons. The second-order valence-electron chi connectivity index (χ2n) is 7.67. The highest BCUT2D eigenvalue weighted by Gasteiger charge is 2.40. The van der Waals surface area contributed by atoms with E-state index < -0.39 is 5.60 Å². The number of amides is 1. The molecule has 1 saturated heterocycles. The first-order valence-corrected chi connectivity index (χ1v) is 7.52. The molecule has 1 aliphatic carbocycles. The van der Waals surface area contributed by atoms with Gasteiger partial charge in [-0.25, -0.2) is 4.79 Å². The molecule has 5 nitrogen and oxygen atoms in total. The Morgan fingerprint density at radius 3 is 2.30 bits per heavy atom. The van der Waals surface area contributed by atoms with Crippen LogP contribution in [0.1, 0.15) is 47.0 Å². The first-order valence-electron chi connectivity index (χ1n) is 7.52. The van der Waals surface area contributed by atoms with Gasteiger partial charge in [0.05, 0.1) is 18.8 Å². The molecule has 0 aromatic heterocycles. The quantitative estimate of drug-likeness (QED) is 0.811. The predicted molar refractivity (Wildman–Crippen MR) is 77.7 cm³/mol. The van der Waals surface area contributed by atoms with Gasteiger partial charge >= 0.3 is 6.09 Å². The van der Waals surface area contributed by atoms with E-state index in [1.165, 1.54) is 0 Å². The van der Waals surface area contributed by atoms with Crippen LogP contribution in [0.5, 0.6) is 0 Å². The highest BCUT2D eigenvalue weighted by atomic mass is 16.6. The van der Waals surface area contributed by atoms with Gasteiger partial charge in [-0.15, -0.1) is 0 Å². The standard InChI is InChI=1S/C15H28N2O3/c1-13(2,3)20-12(18)17-15(6-5-7-15)9-16-8-14(4)10-19-11-14/h16H,5-11H2,1-4H3,(H,17,18). The number of nitrogens with one attached hydrogen (secondary N) is 2. The van der Waals surface area contributed by atoms with Crippen LogP contribution in [0, 0.1) is 5.41 Å². The monoisotopic (exact) mass is 284 g/mol. The van der Waals surface area contributed by atoms with Gasteiger partial charge in [-0.05, 0) is 40.0 Å². The maximum Gasteiger partial charge on any atom is 0.408 e. The van der Waals surface area contributed by atoms with Crippen molar-refractivity contribution in [1.82, 2.24) is 10.6 Å². The van der Waals surface area contributed by atoms with E-state index in [-0.39, 0.29) is 17.0 Å². The summed E-state index contributed by atoms with van der Waals surface area (Å²) in [5, 5.41) is 6.54. The molecule has 1 heterocycles. The Morgan fingerprint density at radius 2 is 1.90 bits per heavy atom. The number of ether oxygens (including phenoxy) is 2. The summed E-state index contributed by atoms with van der Waals surface area (Å²) >= 11 is 0. The first kappa shape index (κ1) is 15.6. The molecule has 2 fully saturated rings. The van der Waals surface area contributed by atoms with Crippen molar-refractivity contribution in [3.8, 4) is 0 Å². The smallest absolute Gasteiger partial charge is 0.408 e. The second-order valence-corrected chi connectivity index (χ2v) is 7.67. The molecule has 0 bridgehead atoms. The van der Waals surface area contributed by atoms with E-state index in [0.29, 0.717) is 0 Å². The lowest BCUT2D eigenvalue weighted by Gasteiger charge is -2.44. The number of hydrogen-bond donors (Lipinski definition) is 2. The lowest BCUT2D eigenvalue weighted by molar-refractivity contribution is -0.0997. The number of alkyl carbamates (subject to hydrolysis) is 1. The van der Waals surface area contributed by atoms with Crippen molar-refractivity contribution in [3.63, 3.8) is 0 Å². The summed E-state index contributed by atoms with van der Waals surface area (Å²) in [6.07, 6.45) is 2.90. The van der Waals surface area contributed by atoms with Crippen LogP contribution in [0.15, 0.2) is 0 Å². The van der Waals surface area contributed by atoms with Gasteiger partial charge in [-0.3, -0.25) is 0 Å². The molecule has 2 rings (SSSR count). The summed E-state index contributed by atoms with van der Waals surface area (Å²) in [4.78, 5) is 11.9. The van der Waals surface area contributed by atoms with Crippen molar-refractivity contribution in [2.75, 3.05) is 26.3 Å². The fourth-order valence-corrected chi connectivity index (χ4v) is 2.63. The molecule has 1 aliphatic heterocycles. The molecule has 0 radical (unpaired) electrons. The Kier molecular flexibility index (Phi) is 4.30. The maximum atomic E-state index is 11.9. The molecule has 5 heteroatoms. The highest BCUT2D eigenvalue weighted by Crippen LogP contribution is 2.32. The van der Waals surface area contributed by atoms with E-state index in [1.807, 2.05) is 20.8 Å². The predicted octanol–water partition coefficient (Wildman–Crippen LogP) is 2.06. The van der Waals surface area contributed by atoms with Gasteiger partial charge < -0.3 is 20.1 Å². The van der Waals surface area contributed by atoms with Crippen molar-refractivity contribution in [2.24, 2.45) is 5.41 Å². The van der Waals surface area contributed by atoms with Gasteiger partial charge in [-0.2, -0.15) is 0 Å². The Bertz CT molecular complexity index is 355. The van der Waals surface area contributed by atoms with E-state index >= 15 is 0 Å². The van der Waals surface area contributed by atoms with Crippen LogP contribution in [0.2, 0.25) is 0 Å². The van der Waals surface area contributed by atoms with Crippen LogP contribution in [0.25, 0.3) is 0 Å². The van der Waals surface area contributed by atoms with E-state index in [9.17, 15) is 4.79 Å². The molecular weight excluding hydrogens is 256 g/mol. The molecule has 0 unspecified atom stereocenters. The molecule has 2 N–H and O–H groups in total. The average molecular weight is 284 g/mol. The van der Waals surface area contributed by atoms with Crippen molar-refractivity contribution in [3.05, 3.63) is 0 Å². The van der Waals surface area contributed by atoms with E-state index in [0.717, 1.165) is 45.6 Å². The molecular formula is C15H28N2O3. The molecule has 1 saturated carbocycles. The molecule has 20 heavy (non-hydrogen) atoms. The molecule has 2 aliphatic rings. The third kappa shape index (κ3) is 4.09. The SMILES string of the molecule is CC1(CNCC2(NC(=O)OC(C)(C)C)CCC2)COC1. The van der Waals surface area contributed by atoms with E-state index in [2.05, 4.69) is 17.6 Å². The zero-order valence-corrected chi connectivity index (χ0v) is 13.2. The normalized spacial score (nSPS) is 23.4. The van der Waals surface area contributed by atoms with Gasteiger partial charge in [-0.1, -0.05) is 6.92 Å². The van der Waals surface area contributed by atoms with Gasteiger partial charge in [0.2, 0.25) is 0 Å². The third-order valence-corrected chi connectivity index (χ3v) is 3.99. The topological polar surface area (TPSA) is 59.6 Å². The molecule has 0 aromatic rings. The summed E-state index contributed by atoms with van der Waals surface area (Å²) in [6, 6.07) is 0. The number of carbonyl (C=O) groups excluding carboxylic acids is 1. The fourth-order valence-electron chi connectivity index (χ4n) is 2.63. The molecule has 1 amide bonds. The van der Waals surface area contributed by atoms with Crippen LogP contribution < -0.4 is 10.6 Å². The lowest BCUT2D eigenvalue weighted by Crippen LogP contribution is -2.61. The Morgan fingerprint density at radius 1 is 1.25 bits per heavy atom. The first-order chi connectivity index (χ1) is 9.22. The molecule has 0 aromatic carbocycles. The second kappa shape index (κ2) is 5.53. The minimum atomic E-state index is -0.445. The van der Waals surface area contributed by atoms with Gasteiger partial charge in [0.15, 0.2) is 0 Å². The van der Waals surface area contributed by atoms with Gasteiger partial charge in [0.1, 0.15) is 5.60 Å². The fraction of sp³-hybridized carbons (Fsp3) is 0.933. The molecule has 0 spiro atoms. The number of carbonyl (C=O) groups is 1. The minimum Gasteiger partial charge on any atom is -0.444 e. The summed E-state index contributed by atoms with van der Waals surface area (Å²) in [7, 11) is 0. The zero-order valence-electron chi connectivity index (χ0n) is 13.2. The lowest BCUT2D eigenvalue weighted by atomic mass is 9.76. The van der Waals surface area contributed by atoms with Gasteiger partial charge in [0, 0.05) is 18.5 Å². The summed E-state index contributed by atoms with van der Waals surface area (Å²) < 4.78 is 10.6. The Balaban J connectivity index is 1.76. The van der Waals surface area contributed by atoms with Crippen molar-refractivity contribution >= 4 is 6.09 Å². The van der Waals surface area contributed by atoms with Crippen LogP contribution >= 0.6 is 0 Å². The van der Waals surface area contributed by atoms with Crippen molar-refractivity contribution in [1.29, 1.82) is 0 Å². The largest absolute Gasteiger partial charge is 0.444 e. The Hall–Kier alpha value is -0.810. The maximum absolute atomic E-state index is 11.9. The number of rotatable bonds is 5. The highest BCUT2D eigenvalue weighted by molar-refractivity contribution is 5.69. The van der Waals surface area contributed by atoms with E-state index in [1.54, 1.807) is 0 Å². The average Bonchev–Trinajstić information content (AvgIpc) is 2.20. The summed E-state index contributed by atoms with van der Waals surface area (Å²) in [6.45, 7) is 11.3. The zero-order chi connectivity index (χ0) is 14.9. The van der Waals surface area contributed by atoms with Crippen molar-refractivity contribution in [2.45, 2.75) is 58.1 Å². The number of hydrogen-bond acceptors (Lipinski definition) is 4. The summed E-state index contributed by atoms with van der Waals surface area (Å²) in [5.41, 5.74) is -0.306. The Labute approximate surface area is 121 Å². The van der Waals surface area contributed by atoms with E-state index in [4.69, 9.17) is 9.47 Å². The van der Waals surface area contributed by atoms with Crippen LogP contribution in [0.4, 0.5) is 4.79 Å². The summed E-state index contributed by atoms with van der Waals surface area (Å²) in [5.74, 6) is 0. The minimum absolute atomic E-state index is 0.122. The van der Waals surface area contributed by atoms with Gasteiger partial charge in [0.25, 0.3) is 0 Å².